The maximum atomic E-state index is 12.1. The normalized spacial score (nSPS) is 14.9. The highest BCUT2D eigenvalue weighted by Crippen LogP contribution is 2.30. The number of hydrogen-bond donors (Lipinski definition) is 2. The predicted octanol–water partition coefficient (Wildman–Crippen LogP) is 1.07. The Balaban J connectivity index is 2.20. The molecule has 0 aromatic heterocycles. The van der Waals surface area contributed by atoms with Gasteiger partial charge in [-0.25, -0.2) is 0 Å². The Morgan fingerprint density at radius 1 is 1.42 bits per heavy atom. The van der Waals surface area contributed by atoms with E-state index in [1.165, 1.54) is 5.56 Å². The van der Waals surface area contributed by atoms with Gasteiger partial charge in [0.15, 0.2) is 0 Å². The van der Waals surface area contributed by atoms with E-state index in [2.05, 4.69) is 23.5 Å². The molecule has 0 saturated carbocycles. The van der Waals surface area contributed by atoms with Gasteiger partial charge < -0.3 is 16.0 Å². The molecule has 0 unspecified atom stereocenters. The fraction of sp³-hybridized carbons (Fsp3) is 0.533. The van der Waals surface area contributed by atoms with E-state index in [0.29, 0.717) is 13.0 Å². The second-order valence-corrected chi connectivity index (χ2v) is 5.96. The molecule has 2 rings (SSSR count). The zero-order chi connectivity index (χ0) is 14.0. The van der Waals surface area contributed by atoms with Gasteiger partial charge in [-0.1, -0.05) is 12.1 Å². The van der Waals surface area contributed by atoms with Gasteiger partial charge in [-0.3, -0.25) is 4.79 Å². The molecule has 0 saturated heterocycles. The molecule has 1 aromatic carbocycles. The van der Waals surface area contributed by atoms with Crippen molar-refractivity contribution in [2.24, 2.45) is 5.73 Å². The second-order valence-electron chi connectivity index (χ2n) is 5.96. The first-order valence-corrected chi connectivity index (χ1v) is 6.76. The summed E-state index contributed by atoms with van der Waals surface area (Å²) in [7, 11) is 1.95. The Morgan fingerprint density at radius 2 is 2.16 bits per heavy atom. The van der Waals surface area contributed by atoms with Crippen LogP contribution < -0.4 is 16.0 Å². The SMILES string of the molecule is CNCCc1ccc2c(c1)CC(=O)N2CC(C)(C)N. The monoisotopic (exact) mass is 261 g/mol. The summed E-state index contributed by atoms with van der Waals surface area (Å²) in [6.45, 7) is 5.40. The number of amides is 1. The van der Waals surface area contributed by atoms with Gasteiger partial charge in [-0.2, -0.15) is 0 Å². The van der Waals surface area contributed by atoms with Crippen LogP contribution in [0.4, 0.5) is 5.69 Å². The highest BCUT2D eigenvalue weighted by Gasteiger charge is 2.30. The Hall–Kier alpha value is -1.39. The van der Waals surface area contributed by atoms with Crippen LogP contribution in [0.25, 0.3) is 0 Å². The molecule has 4 heteroatoms. The molecule has 1 aliphatic heterocycles. The van der Waals surface area contributed by atoms with Crippen LogP contribution in [0.15, 0.2) is 18.2 Å². The van der Waals surface area contributed by atoms with Crippen molar-refractivity contribution in [2.45, 2.75) is 32.2 Å². The lowest BCUT2D eigenvalue weighted by atomic mass is 10.0. The van der Waals surface area contributed by atoms with Gasteiger partial charge in [0, 0.05) is 17.8 Å². The predicted molar refractivity (Wildman–Crippen MR) is 78.4 cm³/mol. The van der Waals surface area contributed by atoms with Crippen molar-refractivity contribution in [2.75, 3.05) is 25.0 Å². The number of benzene rings is 1. The molecule has 1 heterocycles. The molecule has 0 atom stereocenters. The van der Waals surface area contributed by atoms with Crippen molar-refractivity contribution in [1.82, 2.24) is 5.32 Å². The van der Waals surface area contributed by atoms with Crippen LogP contribution in [0, 0.1) is 0 Å². The summed E-state index contributed by atoms with van der Waals surface area (Å²) in [6.07, 6.45) is 1.49. The fourth-order valence-corrected chi connectivity index (χ4v) is 2.44. The van der Waals surface area contributed by atoms with E-state index in [9.17, 15) is 4.79 Å². The summed E-state index contributed by atoms with van der Waals surface area (Å²) in [5.41, 5.74) is 9.08. The van der Waals surface area contributed by atoms with Crippen LogP contribution >= 0.6 is 0 Å². The van der Waals surface area contributed by atoms with Gasteiger partial charge in [0.25, 0.3) is 0 Å². The van der Waals surface area contributed by atoms with Gasteiger partial charge in [-0.15, -0.1) is 0 Å². The molecular formula is C15H23N3O. The smallest absolute Gasteiger partial charge is 0.231 e. The number of carbonyl (C=O) groups excluding carboxylic acids is 1. The van der Waals surface area contributed by atoms with Crippen LogP contribution in [0.5, 0.6) is 0 Å². The van der Waals surface area contributed by atoms with Crippen molar-refractivity contribution in [1.29, 1.82) is 0 Å². The quantitative estimate of drug-likeness (QED) is 0.833. The number of likely N-dealkylation sites (N-methyl/N-ethyl adjacent to an activating group) is 1. The summed E-state index contributed by atoms with van der Waals surface area (Å²) in [4.78, 5) is 13.9. The summed E-state index contributed by atoms with van der Waals surface area (Å²) in [6, 6.07) is 6.30. The van der Waals surface area contributed by atoms with E-state index in [-0.39, 0.29) is 11.4 Å². The first-order valence-electron chi connectivity index (χ1n) is 6.76. The number of hydrogen-bond acceptors (Lipinski definition) is 3. The van der Waals surface area contributed by atoms with E-state index < -0.39 is 0 Å². The van der Waals surface area contributed by atoms with E-state index >= 15 is 0 Å². The summed E-state index contributed by atoms with van der Waals surface area (Å²) < 4.78 is 0. The molecule has 0 aliphatic carbocycles. The van der Waals surface area contributed by atoms with Crippen LogP contribution in [-0.4, -0.2) is 31.6 Å². The maximum absolute atomic E-state index is 12.1. The van der Waals surface area contributed by atoms with Gasteiger partial charge in [0.1, 0.15) is 0 Å². The number of nitrogens with two attached hydrogens (primary N) is 1. The molecule has 3 N–H and O–H groups in total. The third-order valence-electron chi connectivity index (χ3n) is 3.31. The molecule has 0 radical (unpaired) electrons. The second kappa shape index (κ2) is 5.31. The number of anilines is 1. The molecular weight excluding hydrogens is 238 g/mol. The molecule has 4 nitrogen and oxygen atoms in total. The molecule has 19 heavy (non-hydrogen) atoms. The van der Waals surface area contributed by atoms with E-state index in [0.717, 1.165) is 24.2 Å². The largest absolute Gasteiger partial charge is 0.324 e. The Bertz CT molecular complexity index is 477. The standard InChI is InChI=1S/C15H23N3O/c1-15(2,16)10-18-13-5-4-11(6-7-17-3)8-12(13)9-14(18)19/h4-5,8,17H,6-7,9-10,16H2,1-3H3. The van der Waals surface area contributed by atoms with Crippen molar-refractivity contribution >= 4 is 11.6 Å². The third-order valence-corrected chi connectivity index (χ3v) is 3.31. The lowest BCUT2D eigenvalue weighted by Crippen LogP contribution is -2.46. The Labute approximate surface area is 115 Å². The lowest BCUT2D eigenvalue weighted by Gasteiger charge is -2.27. The number of fused-ring (bicyclic) bond motifs is 1. The van der Waals surface area contributed by atoms with E-state index in [4.69, 9.17) is 5.73 Å². The molecule has 1 amide bonds. The number of nitrogens with zero attached hydrogens (tertiary/aromatic N) is 1. The Kier molecular flexibility index (Phi) is 3.92. The van der Waals surface area contributed by atoms with Crippen LogP contribution in [0.1, 0.15) is 25.0 Å². The molecule has 0 fully saturated rings. The molecule has 1 aromatic rings. The van der Waals surface area contributed by atoms with Gasteiger partial charge in [-0.05, 0) is 51.1 Å². The number of carbonyl (C=O) groups is 1. The van der Waals surface area contributed by atoms with E-state index in [1.54, 1.807) is 0 Å². The lowest BCUT2D eigenvalue weighted by molar-refractivity contribution is -0.117. The topological polar surface area (TPSA) is 58.4 Å². The van der Waals surface area contributed by atoms with Crippen molar-refractivity contribution in [3.8, 4) is 0 Å². The van der Waals surface area contributed by atoms with Gasteiger partial charge >= 0.3 is 0 Å². The average molecular weight is 261 g/mol. The first-order chi connectivity index (χ1) is 8.90. The molecule has 1 aliphatic rings. The van der Waals surface area contributed by atoms with Crippen molar-refractivity contribution in [3.05, 3.63) is 29.3 Å². The van der Waals surface area contributed by atoms with Crippen LogP contribution in [0.2, 0.25) is 0 Å². The highest BCUT2D eigenvalue weighted by atomic mass is 16.2. The van der Waals surface area contributed by atoms with Crippen molar-refractivity contribution in [3.63, 3.8) is 0 Å². The molecule has 104 valence electrons. The number of rotatable bonds is 5. The summed E-state index contributed by atoms with van der Waals surface area (Å²) in [5, 5.41) is 3.14. The van der Waals surface area contributed by atoms with Crippen LogP contribution in [0.3, 0.4) is 0 Å². The first kappa shape index (κ1) is 14.0. The van der Waals surface area contributed by atoms with E-state index in [1.807, 2.05) is 25.8 Å². The zero-order valence-corrected chi connectivity index (χ0v) is 12.0. The third kappa shape index (κ3) is 3.33. The average Bonchev–Trinajstić information content (AvgIpc) is 2.61. The summed E-state index contributed by atoms with van der Waals surface area (Å²) >= 11 is 0. The van der Waals surface area contributed by atoms with Gasteiger partial charge in [0.05, 0.1) is 6.42 Å². The summed E-state index contributed by atoms with van der Waals surface area (Å²) in [5.74, 6) is 0.152. The van der Waals surface area contributed by atoms with Crippen LogP contribution in [-0.2, 0) is 17.6 Å². The van der Waals surface area contributed by atoms with Crippen molar-refractivity contribution < 1.29 is 4.79 Å². The molecule has 0 spiro atoms. The Morgan fingerprint density at radius 3 is 2.79 bits per heavy atom. The minimum Gasteiger partial charge on any atom is -0.324 e. The minimum atomic E-state index is -0.373. The number of nitrogens with one attached hydrogen (secondary N) is 1. The molecule has 0 bridgehead atoms. The maximum Gasteiger partial charge on any atom is 0.231 e. The fourth-order valence-electron chi connectivity index (χ4n) is 2.44. The highest BCUT2D eigenvalue weighted by molar-refractivity contribution is 6.01. The minimum absolute atomic E-state index is 0.152. The van der Waals surface area contributed by atoms with Gasteiger partial charge in [0.2, 0.25) is 5.91 Å². The zero-order valence-electron chi connectivity index (χ0n) is 12.0.